The molecule has 0 fully saturated rings. The Kier molecular flexibility index (Phi) is 1.57. The monoisotopic (exact) mass is 140 g/mol. The van der Waals surface area contributed by atoms with Crippen LogP contribution in [0, 0.1) is 0 Å². The van der Waals surface area contributed by atoms with E-state index in [1.54, 1.807) is 13.2 Å². The first kappa shape index (κ1) is 6.60. The molecule has 0 aliphatic heterocycles. The molecular formula is C5H8N4O. The van der Waals surface area contributed by atoms with Gasteiger partial charge in [0.25, 0.3) is 5.91 Å². The van der Waals surface area contributed by atoms with E-state index in [1.807, 2.05) is 0 Å². The summed E-state index contributed by atoms with van der Waals surface area (Å²) in [5, 5.41) is 0. The molecule has 1 heterocycles. The van der Waals surface area contributed by atoms with Gasteiger partial charge in [-0.3, -0.25) is 4.79 Å². The van der Waals surface area contributed by atoms with Gasteiger partial charge < -0.3 is 11.2 Å². The lowest BCUT2D eigenvalue weighted by Gasteiger charge is -2.00. The number of hydrogen-bond acceptors (Lipinski definition) is 3. The second-order valence-corrected chi connectivity index (χ2v) is 1.71. The first-order valence-corrected chi connectivity index (χ1v) is 2.76. The zero-order valence-corrected chi connectivity index (χ0v) is 5.53. The fraction of sp³-hybridized carbons (Fsp3) is 0.200. The van der Waals surface area contributed by atoms with Crippen LogP contribution >= 0.6 is 0 Å². The maximum atomic E-state index is 10.5. The molecule has 54 valence electrons. The summed E-state index contributed by atoms with van der Waals surface area (Å²) in [6.45, 7) is 0. The fourth-order valence-electron chi connectivity index (χ4n) is 0.666. The fourth-order valence-corrected chi connectivity index (χ4v) is 0.666. The number of nitrogens with one attached hydrogen (secondary N) is 1. The molecule has 1 rings (SSSR count). The smallest absolute Gasteiger partial charge is 0.286 e. The van der Waals surface area contributed by atoms with Gasteiger partial charge in [0.2, 0.25) is 5.82 Å². The van der Waals surface area contributed by atoms with Gasteiger partial charge in [0.1, 0.15) is 0 Å². The number of hydrogen-bond donors (Lipinski definition) is 2. The maximum Gasteiger partial charge on any atom is 0.286 e. The number of nitrogens with two attached hydrogens (primary N) is 1. The van der Waals surface area contributed by atoms with Gasteiger partial charge in [0.15, 0.2) is 0 Å². The number of nitrogens with zero attached hydrogens (tertiary/aromatic N) is 2. The van der Waals surface area contributed by atoms with E-state index >= 15 is 0 Å². The van der Waals surface area contributed by atoms with Gasteiger partial charge in [0.05, 0.1) is 0 Å². The molecule has 1 aromatic rings. The minimum absolute atomic E-state index is 0.211. The van der Waals surface area contributed by atoms with Gasteiger partial charge in [-0.25, -0.2) is 9.66 Å². The Hall–Kier alpha value is -1.52. The van der Waals surface area contributed by atoms with E-state index in [1.165, 1.54) is 10.9 Å². The molecule has 0 unspecified atom stereocenters. The molecule has 1 aromatic heterocycles. The molecule has 0 saturated heterocycles. The van der Waals surface area contributed by atoms with Crippen LogP contribution in [0.2, 0.25) is 0 Å². The third kappa shape index (κ3) is 0.928. The van der Waals surface area contributed by atoms with E-state index in [9.17, 15) is 4.79 Å². The lowest BCUT2D eigenvalue weighted by molar-refractivity contribution is 0.0988. The number of imidazole rings is 1. The highest BCUT2D eigenvalue weighted by Crippen LogP contribution is 1.90. The Morgan fingerprint density at radius 3 is 3.00 bits per heavy atom. The van der Waals surface area contributed by atoms with Gasteiger partial charge in [-0.1, -0.05) is 0 Å². The van der Waals surface area contributed by atoms with E-state index in [4.69, 9.17) is 5.73 Å². The molecular weight excluding hydrogens is 132 g/mol. The summed E-state index contributed by atoms with van der Waals surface area (Å²) in [7, 11) is 1.67. The van der Waals surface area contributed by atoms with Gasteiger partial charge in [-0.15, -0.1) is 0 Å². The SMILES string of the molecule is CNn1ccnc1C(N)=O. The van der Waals surface area contributed by atoms with E-state index in [-0.39, 0.29) is 5.82 Å². The van der Waals surface area contributed by atoms with Crippen molar-refractivity contribution in [2.24, 2.45) is 5.73 Å². The number of primary amides is 1. The van der Waals surface area contributed by atoms with Crippen molar-refractivity contribution in [1.29, 1.82) is 0 Å². The molecule has 1 amide bonds. The first-order chi connectivity index (χ1) is 4.75. The predicted molar refractivity (Wildman–Crippen MR) is 36.0 cm³/mol. The number of carbonyl (C=O) groups excluding carboxylic acids is 1. The number of amides is 1. The Bertz CT molecular complexity index is 242. The van der Waals surface area contributed by atoms with Crippen molar-refractivity contribution in [3.63, 3.8) is 0 Å². The normalized spacial score (nSPS) is 9.30. The lowest BCUT2D eigenvalue weighted by atomic mass is 10.6. The standard InChI is InChI=1S/C5H8N4O/c1-7-9-3-2-8-5(9)4(6)10/h2-3,7H,1H3,(H2,6,10). The summed E-state index contributed by atoms with van der Waals surface area (Å²) in [5.41, 5.74) is 7.68. The van der Waals surface area contributed by atoms with Crippen molar-refractivity contribution >= 4 is 5.91 Å². The molecule has 5 nitrogen and oxygen atoms in total. The minimum Gasteiger partial charge on any atom is -0.363 e. The van der Waals surface area contributed by atoms with Gasteiger partial charge in [-0.05, 0) is 0 Å². The minimum atomic E-state index is -0.542. The van der Waals surface area contributed by atoms with Crippen LogP contribution in [0.15, 0.2) is 12.4 Å². The second-order valence-electron chi connectivity index (χ2n) is 1.71. The zero-order chi connectivity index (χ0) is 7.56. The maximum absolute atomic E-state index is 10.5. The third-order valence-electron chi connectivity index (χ3n) is 1.10. The van der Waals surface area contributed by atoms with Crippen LogP contribution in [0.3, 0.4) is 0 Å². The molecule has 10 heavy (non-hydrogen) atoms. The molecule has 5 heteroatoms. The number of carbonyl (C=O) groups is 1. The van der Waals surface area contributed by atoms with Crippen molar-refractivity contribution < 1.29 is 4.79 Å². The third-order valence-corrected chi connectivity index (χ3v) is 1.10. The molecule has 3 N–H and O–H groups in total. The van der Waals surface area contributed by atoms with Crippen LogP contribution in [-0.2, 0) is 0 Å². The molecule has 0 saturated carbocycles. The van der Waals surface area contributed by atoms with Gasteiger partial charge >= 0.3 is 0 Å². The summed E-state index contributed by atoms with van der Waals surface area (Å²) in [5.74, 6) is -0.332. The highest BCUT2D eigenvalue weighted by molar-refractivity contribution is 5.89. The van der Waals surface area contributed by atoms with Crippen LogP contribution in [0.25, 0.3) is 0 Å². The average molecular weight is 140 g/mol. The van der Waals surface area contributed by atoms with E-state index in [0.29, 0.717) is 0 Å². The highest BCUT2D eigenvalue weighted by atomic mass is 16.1. The van der Waals surface area contributed by atoms with Crippen LogP contribution in [0.1, 0.15) is 10.6 Å². The van der Waals surface area contributed by atoms with Crippen molar-refractivity contribution in [2.45, 2.75) is 0 Å². The molecule has 0 aliphatic rings. The Morgan fingerprint density at radius 2 is 2.60 bits per heavy atom. The predicted octanol–water partition coefficient (Wildman–Crippen LogP) is -0.845. The molecule has 0 atom stereocenters. The van der Waals surface area contributed by atoms with Crippen molar-refractivity contribution in [3.05, 3.63) is 18.2 Å². The van der Waals surface area contributed by atoms with Crippen molar-refractivity contribution in [2.75, 3.05) is 12.5 Å². The molecule has 0 bridgehead atoms. The molecule has 0 aliphatic carbocycles. The van der Waals surface area contributed by atoms with Gasteiger partial charge in [0, 0.05) is 19.4 Å². The summed E-state index contributed by atoms with van der Waals surface area (Å²) >= 11 is 0. The topological polar surface area (TPSA) is 72.9 Å². The summed E-state index contributed by atoms with van der Waals surface area (Å²) in [6, 6.07) is 0. The quantitative estimate of drug-likeness (QED) is 0.562. The molecule has 0 aromatic carbocycles. The molecule has 0 radical (unpaired) electrons. The Labute approximate surface area is 57.8 Å². The van der Waals surface area contributed by atoms with Crippen molar-refractivity contribution in [3.8, 4) is 0 Å². The average Bonchev–Trinajstić information content (AvgIpc) is 2.33. The van der Waals surface area contributed by atoms with Gasteiger partial charge in [-0.2, -0.15) is 0 Å². The second kappa shape index (κ2) is 2.38. The zero-order valence-electron chi connectivity index (χ0n) is 5.53. The highest BCUT2D eigenvalue weighted by Gasteiger charge is 2.05. The van der Waals surface area contributed by atoms with E-state index < -0.39 is 5.91 Å². The van der Waals surface area contributed by atoms with E-state index in [2.05, 4.69) is 10.4 Å². The van der Waals surface area contributed by atoms with Crippen LogP contribution in [0.5, 0.6) is 0 Å². The molecule has 0 spiro atoms. The van der Waals surface area contributed by atoms with Crippen LogP contribution in [-0.4, -0.2) is 22.6 Å². The van der Waals surface area contributed by atoms with Crippen LogP contribution < -0.4 is 11.2 Å². The summed E-state index contributed by atoms with van der Waals surface area (Å²) in [6.07, 6.45) is 3.11. The number of aromatic nitrogens is 2. The summed E-state index contributed by atoms with van der Waals surface area (Å²) < 4.78 is 1.45. The summed E-state index contributed by atoms with van der Waals surface area (Å²) in [4.78, 5) is 14.3. The van der Waals surface area contributed by atoms with Crippen LogP contribution in [0.4, 0.5) is 0 Å². The largest absolute Gasteiger partial charge is 0.363 e. The Morgan fingerprint density at radius 1 is 1.90 bits per heavy atom. The van der Waals surface area contributed by atoms with E-state index in [0.717, 1.165) is 0 Å². The first-order valence-electron chi connectivity index (χ1n) is 2.76. The lowest BCUT2D eigenvalue weighted by Crippen LogP contribution is -2.21. The van der Waals surface area contributed by atoms with Crippen molar-refractivity contribution in [1.82, 2.24) is 9.66 Å². The number of rotatable bonds is 2. The Balaban J connectivity index is 3.01.